The van der Waals surface area contributed by atoms with Crippen molar-refractivity contribution in [2.75, 3.05) is 0 Å². The van der Waals surface area contributed by atoms with E-state index in [4.69, 9.17) is 9.31 Å². The second-order valence-corrected chi connectivity index (χ2v) is 5.92. The average molecular weight is 262 g/mol. The van der Waals surface area contributed by atoms with Gasteiger partial charge in [-0.25, -0.2) is 0 Å². The maximum atomic E-state index is 11.3. The summed E-state index contributed by atoms with van der Waals surface area (Å²) in [5, 5.41) is 9.85. The molecule has 0 spiro atoms. The molecule has 0 unspecified atom stereocenters. The van der Waals surface area contributed by atoms with Crippen LogP contribution in [0.25, 0.3) is 0 Å². The van der Waals surface area contributed by atoms with Crippen LogP contribution >= 0.6 is 0 Å². The maximum absolute atomic E-state index is 11.3. The van der Waals surface area contributed by atoms with Crippen molar-refractivity contribution in [3.63, 3.8) is 0 Å². The van der Waals surface area contributed by atoms with E-state index in [0.717, 1.165) is 0 Å². The van der Waals surface area contributed by atoms with Crippen molar-refractivity contribution >= 4 is 18.4 Å². The van der Waals surface area contributed by atoms with Crippen molar-refractivity contribution in [2.45, 2.75) is 45.8 Å². The third-order valence-corrected chi connectivity index (χ3v) is 3.93. The molecule has 102 valence electrons. The van der Waals surface area contributed by atoms with E-state index in [1.54, 1.807) is 12.1 Å². The standard InChI is InChI=1S/C14H19BO4/c1-9(16)11-7-6-10(8-12(11)17)15-18-13(2,3)14(4,5)19-15/h6-8,17H,1-5H3. The molecule has 19 heavy (non-hydrogen) atoms. The molecule has 1 aromatic rings. The number of ketones is 1. The second kappa shape index (κ2) is 4.35. The Morgan fingerprint density at radius 2 is 1.68 bits per heavy atom. The van der Waals surface area contributed by atoms with E-state index in [1.165, 1.54) is 13.0 Å². The summed E-state index contributed by atoms with van der Waals surface area (Å²) in [5.74, 6) is -0.210. The van der Waals surface area contributed by atoms with Gasteiger partial charge in [-0.05, 0) is 52.2 Å². The van der Waals surface area contributed by atoms with Gasteiger partial charge in [-0.1, -0.05) is 6.07 Å². The summed E-state index contributed by atoms with van der Waals surface area (Å²) in [7, 11) is -0.531. The van der Waals surface area contributed by atoms with E-state index in [-0.39, 0.29) is 11.5 Å². The normalized spacial score (nSPS) is 20.6. The summed E-state index contributed by atoms with van der Waals surface area (Å²) in [6.45, 7) is 9.30. The third-order valence-electron chi connectivity index (χ3n) is 3.93. The third kappa shape index (κ3) is 2.40. The molecule has 1 saturated heterocycles. The Bertz CT molecular complexity index is 506. The molecule has 0 amide bonds. The van der Waals surface area contributed by atoms with E-state index < -0.39 is 18.3 Å². The number of hydrogen-bond acceptors (Lipinski definition) is 4. The summed E-state index contributed by atoms with van der Waals surface area (Å²) in [6.07, 6.45) is 0. The Hall–Kier alpha value is -1.33. The van der Waals surface area contributed by atoms with Crippen LogP contribution in [0.15, 0.2) is 18.2 Å². The maximum Gasteiger partial charge on any atom is 0.494 e. The van der Waals surface area contributed by atoms with Crippen LogP contribution in [0, 0.1) is 0 Å². The molecule has 1 N–H and O–H groups in total. The zero-order valence-corrected chi connectivity index (χ0v) is 12.0. The lowest BCUT2D eigenvalue weighted by molar-refractivity contribution is 0.00578. The van der Waals surface area contributed by atoms with Gasteiger partial charge in [0.15, 0.2) is 5.78 Å². The van der Waals surface area contributed by atoms with Crippen molar-refractivity contribution in [1.82, 2.24) is 0 Å². The Labute approximate surface area is 113 Å². The lowest BCUT2D eigenvalue weighted by Crippen LogP contribution is -2.41. The highest BCUT2D eigenvalue weighted by Gasteiger charge is 2.51. The van der Waals surface area contributed by atoms with Gasteiger partial charge in [0.25, 0.3) is 0 Å². The molecule has 0 aliphatic carbocycles. The topological polar surface area (TPSA) is 55.8 Å². The molecule has 2 rings (SSSR count). The largest absolute Gasteiger partial charge is 0.507 e. The molecule has 1 fully saturated rings. The molecule has 1 heterocycles. The van der Waals surface area contributed by atoms with E-state index in [2.05, 4.69) is 0 Å². The van der Waals surface area contributed by atoms with E-state index in [1.807, 2.05) is 27.7 Å². The molecule has 1 aliphatic heterocycles. The van der Waals surface area contributed by atoms with Gasteiger partial charge in [0.05, 0.1) is 16.8 Å². The first-order chi connectivity index (χ1) is 8.64. The fourth-order valence-corrected chi connectivity index (χ4v) is 1.97. The summed E-state index contributed by atoms with van der Waals surface area (Å²) in [6, 6.07) is 4.87. The number of hydrogen-bond donors (Lipinski definition) is 1. The first-order valence-electron chi connectivity index (χ1n) is 6.33. The number of aromatic hydroxyl groups is 1. The Morgan fingerprint density at radius 3 is 2.11 bits per heavy atom. The predicted molar refractivity (Wildman–Crippen MR) is 73.8 cm³/mol. The van der Waals surface area contributed by atoms with Gasteiger partial charge in [0, 0.05) is 0 Å². The first kappa shape index (κ1) is 14.1. The number of rotatable bonds is 2. The number of carbonyl (C=O) groups is 1. The fourth-order valence-electron chi connectivity index (χ4n) is 1.97. The molecule has 0 saturated carbocycles. The number of phenols is 1. The van der Waals surface area contributed by atoms with Gasteiger partial charge in [0.1, 0.15) is 5.75 Å². The Kier molecular flexibility index (Phi) is 3.23. The van der Waals surface area contributed by atoms with Crippen LogP contribution in [0.1, 0.15) is 45.0 Å². The second-order valence-electron chi connectivity index (χ2n) is 5.92. The molecule has 1 aromatic carbocycles. The zero-order valence-electron chi connectivity index (χ0n) is 12.0. The number of phenolic OH excluding ortho intramolecular Hbond substituents is 1. The Balaban J connectivity index is 2.31. The van der Waals surface area contributed by atoms with Crippen LogP contribution in [0.4, 0.5) is 0 Å². The van der Waals surface area contributed by atoms with Crippen LogP contribution in [-0.4, -0.2) is 29.2 Å². The zero-order chi connectivity index (χ0) is 14.4. The lowest BCUT2D eigenvalue weighted by Gasteiger charge is -2.32. The summed E-state index contributed by atoms with van der Waals surface area (Å²) in [4.78, 5) is 11.3. The van der Waals surface area contributed by atoms with Gasteiger partial charge in [-0.2, -0.15) is 0 Å². The van der Waals surface area contributed by atoms with Crippen molar-refractivity contribution in [1.29, 1.82) is 0 Å². The molecular weight excluding hydrogens is 243 g/mol. The van der Waals surface area contributed by atoms with Gasteiger partial charge >= 0.3 is 7.12 Å². The minimum absolute atomic E-state index is 0.0419. The summed E-state index contributed by atoms with van der Waals surface area (Å²) >= 11 is 0. The Morgan fingerprint density at radius 1 is 1.16 bits per heavy atom. The predicted octanol–water partition coefficient (Wildman–Crippen LogP) is 1.89. The smallest absolute Gasteiger partial charge is 0.494 e. The summed E-state index contributed by atoms with van der Waals surface area (Å²) in [5.41, 5.74) is 0.167. The highest BCUT2D eigenvalue weighted by atomic mass is 16.7. The van der Waals surface area contributed by atoms with Crippen LogP contribution in [0.2, 0.25) is 0 Å². The molecule has 5 heteroatoms. The number of carbonyl (C=O) groups excluding carboxylic acids is 1. The molecule has 0 aromatic heterocycles. The average Bonchev–Trinajstić information content (AvgIpc) is 2.47. The van der Waals surface area contributed by atoms with Crippen LogP contribution in [0.3, 0.4) is 0 Å². The highest BCUT2D eigenvalue weighted by molar-refractivity contribution is 6.62. The molecule has 0 atom stereocenters. The first-order valence-corrected chi connectivity index (χ1v) is 6.33. The molecule has 0 bridgehead atoms. The number of Topliss-reactive ketones (excluding diaryl/α,β-unsaturated/α-hetero) is 1. The molecular formula is C14H19BO4. The van der Waals surface area contributed by atoms with Crippen molar-refractivity contribution in [3.05, 3.63) is 23.8 Å². The minimum Gasteiger partial charge on any atom is -0.507 e. The van der Waals surface area contributed by atoms with Crippen molar-refractivity contribution in [3.8, 4) is 5.75 Å². The van der Waals surface area contributed by atoms with Gasteiger partial charge in [-0.3, -0.25) is 4.79 Å². The quantitative estimate of drug-likeness (QED) is 0.653. The summed E-state index contributed by atoms with van der Waals surface area (Å²) < 4.78 is 11.8. The molecule has 0 radical (unpaired) electrons. The van der Waals surface area contributed by atoms with Gasteiger partial charge in [0.2, 0.25) is 0 Å². The van der Waals surface area contributed by atoms with Gasteiger partial charge < -0.3 is 14.4 Å². The van der Waals surface area contributed by atoms with Crippen LogP contribution in [-0.2, 0) is 9.31 Å². The van der Waals surface area contributed by atoms with E-state index in [0.29, 0.717) is 11.0 Å². The van der Waals surface area contributed by atoms with E-state index >= 15 is 0 Å². The lowest BCUT2D eigenvalue weighted by atomic mass is 9.78. The van der Waals surface area contributed by atoms with Crippen LogP contribution < -0.4 is 5.46 Å². The van der Waals surface area contributed by atoms with E-state index in [9.17, 15) is 9.90 Å². The van der Waals surface area contributed by atoms with Crippen molar-refractivity contribution < 1.29 is 19.2 Å². The molecule has 4 nitrogen and oxygen atoms in total. The fraction of sp³-hybridized carbons (Fsp3) is 0.500. The molecule has 1 aliphatic rings. The number of benzene rings is 1. The van der Waals surface area contributed by atoms with Crippen molar-refractivity contribution in [2.24, 2.45) is 0 Å². The van der Waals surface area contributed by atoms with Crippen LogP contribution in [0.5, 0.6) is 5.75 Å². The SMILES string of the molecule is CC(=O)c1ccc(B2OC(C)(C)C(C)(C)O2)cc1O. The van der Waals surface area contributed by atoms with Gasteiger partial charge in [-0.15, -0.1) is 0 Å². The highest BCUT2D eigenvalue weighted by Crippen LogP contribution is 2.36. The minimum atomic E-state index is -0.531. The monoisotopic (exact) mass is 262 g/mol.